The Morgan fingerprint density at radius 3 is 1.86 bits per heavy atom. The summed E-state index contributed by atoms with van der Waals surface area (Å²) < 4.78 is 46.0. The zero-order valence-corrected chi connectivity index (χ0v) is 26.9. The van der Waals surface area contributed by atoms with Crippen LogP contribution < -0.4 is 10.1 Å². The summed E-state index contributed by atoms with van der Waals surface area (Å²) in [5.74, 6) is -0.286. The molecule has 7 aromatic rings. The monoisotopic (exact) mass is 668 g/mol. The second-order valence-corrected chi connectivity index (χ2v) is 11.9. The van der Waals surface area contributed by atoms with E-state index in [4.69, 9.17) is 14.7 Å². The minimum Gasteiger partial charge on any atom is -0.484 e. The highest BCUT2D eigenvalue weighted by atomic mass is 19.4. The number of nitrogens with one attached hydrogen (secondary N) is 1. The predicted octanol–water partition coefficient (Wildman–Crippen LogP) is 9.28. The number of hydrogen-bond donors (Lipinski definition) is 1. The van der Waals surface area contributed by atoms with E-state index in [1.807, 2.05) is 92.2 Å². The number of aryl methyl sites for hydroxylation is 1. The molecule has 0 radical (unpaired) electrons. The van der Waals surface area contributed by atoms with Gasteiger partial charge < -0.3 is 14.6 Å². The van der Waals surface area contributed by atoms with Gasteiger partial charge in [0, 0.05) is 17.3 Å². The van der Waals surface area contributed by atoms with E-state index in [2.05, 4.69) is 46.3 Å². The molecule has 0 fully saturated rings. The maximum atomic E-state index is 12.8. The third-order valence-electron chi connectivity index (χ3n) is 8.66. The Bertz CT molecular complexity index is 2160. The Labute approximate surface area is 286 Å². The molecule has 248 valence electrons. The topological polar surface area (TPSA) is 69.0 Å². The normalized spacial score (nSPS) is 11.8. The molecule has 1 amide bonds. The number of ether oxygens (including phenoxy) is 1. The van der Waals surface area contributed by atoms with Crippen LogP contribution in [0.25, 0.3) is 22.3 Å². The first-order chi connectivity index (χ1) is 24.2. The van der Waals surface area contributed by atoms with Crippen molar-refractivity contribution >= 4 is 22.5 Å². The summed E-state index contributed by atoms with van der Waals surface area (Å²) in [6, 6.07) is 42.7. The zero-order valence-electron chi connectivity index (χ0n) is 26.9. The molecule has 2 heterocycles. The SMILES string of the molecule is Cc1cc(-c2cn(C(c3ccccc3)(c3ccccc3)c3ccccc3)cn2)nc2ccc(NC(=O)COc3ccc(C(F)(F)F)cc3)cc12. The van der Waals surface area contributed by atoms with Crippen LogP contribution in [0.5, 0.6) is 5.75 Å². The van der Waals surface area contributed by atoms with E-state index in [0.29, 0.717) is 17.1 Å². The maximum Gasteiger partial charge on any atom is 0.416 e. The number of fused-ring (bicyclic) bond motifs is 1. The second kappa shape index (κ2) is 13.4. The number of alkyl halides is 3. The summed E-state index contributed by atoms with van der Waals surface area (Å²) in [5.41, 5.74) is 5.40. The van der Waals surface area contributed by atoms with Gasteiger partial charge in [-0.15, -0.1) is 0 Å². The molecule has 50 heavy (non-hydrogen) atoms. The van der Waals surface area contributed by atoms with Gasteiger partial charge in [-0.25, -0.2) is 9.97 Å². The quantitative estimate of drug-likeness (QED) is 0.156. The molecule has 0 saturated carbocycles. The van der Waals surface area contributed by atoms with Gasteiger partial charge in [-0.2, -0.15) is 13.2 Å². The molecule has 0 aliphatic heterocycles. The van der Waals surface area contributed by atoms with Crippen LogP contribution in [-0.2, 0) is 16.5 Å². The summed E-state index contributed by atoms with van der Waals surface area (Å²) in [6.45, 7) is 1.62. The van der Waals surface area contributed by atoms with Gasteiger partial charge in [0.05, 0.1) is 23.1 Å². The molecule has 7 rings (SSSR count). The van der Waals surface area contributed by atoms with Crippen molar-refractivity contribution in [3.05, 3.63) is 180 Å². The van der Waals surface area contributed by atoms with E-state index >= 15 is 0 Å². The van der Waals surface area contributed by atoms with Crippen molar-refractivity contribution in [2.75, 3.05) is 11.9 Å². The van der Waals surface area contributed by atoms with Gasteiger partial charge in [-0.1, -0.05) is 91.0 Å². The van der Waals surface area contributed by atoms with Gasteiger partial charge >= 0.3 is 6.18 Å². The Hall–Kier alpha value is -6.22. The summed E-state index contributed by atoms with van der Waals surface area (Å²) >= 11 is 0. The van der Waals surface area contributed by atoms with Gasteiger partial charge in [0.25, 0.3) is 5.91 Å². The van der Waals surface area contributed by atoms with Crippen LogP contribution in [0.3, 0.4) is 0 Å². The molecule has 0 spiro atoms. The first-order valence-corrected chi connectivity index (χ1v) is 15.9. The Morgan fingerprint density at radius 2 is 1.30 bits per heavy atom. The highest BCUT2D eigenvalue weighted by molar-refractivity contribution is 5.95. The largest absolute Gasteiger partial charge is 0.484 e. The average Bonchev–Trinajstić information content (AvgIpc) is 3.63. The molecular formula is C41H31F3N4O2. The molecule has 2 aromatic heterocycles. The third kappa shape index (κ3) is 6.33. The summed E-state index contributed by atoms with van der Waals surface area (Å²) in [4.78, 5) is 22.4. The lowest BCUT2D eigenvalue weighted by atomic mass is 9.77. The number of carbonyl (C=O) groups is 1. The van der Waals surface area contributed by atoms with Crippen molar-refractivity contribution in [3.8, 4) is 17.1 Å². The maximum absolute atomic E-state index is 12.8. The fraction of sp³-hybridized carbons (Fsp3) is 0.0976. The minimum atomic E-state index is -4.44. The minimum absolute atomic E-state index is 0.162. The van der Waals surface area contributed by atoms with E-state index in [9.17, 15) is 18.0 Å². The summed E-state index contributed by atoms with van der Waals surface area (Å²) in [7, 11) is 0. The van der Waals surface area contributed by atoms with Crippen LogP contribution in [0.2, 0.25) is 0 Å². The lowest BCUT2D eigenvalue weighted by molar-refractivity contribution is -0.137. The molecule has 5 aromatic carbocycles. The molecule has 0 bridgehead atoms. The van der Waals surface area contributed by atoms with Crippen molar-refractivity contribution in [3.63, 3.8) is 0 Å². The van der Waals surface area contributed by atoms with E-state index < -0.39 is 23.2 Å². The lowest BCUT2D eigenvalue weighted by Crippen LogP contribution is -2.36. The van der Waals surface area contributed by atoms with Crippen molar-refractivity contribution in [2.24, 2.45) is 0 Å². The zero-order chi connectivity index (χ0) is 34.7. The van der Waals surface area contributed by atoms with Gasteiger partial charge in [0.1, 0.15) is 17.0 Å². The fourth-order valence-corrected chi connectivity index (χ4v) is 6.31. The van der Waals surface area contributed by atoms with Crippen LogP contribution in [0.4, 0.5) is 18.9 Å². The molecule has 9 heteroatoms. The number of hydrogen-bond acceptors (Lipinski definition) is 4. The highest BCUT2D eigenvalue weighted by Gasteiger charge is 2.38. The highest BCUT2D eigenvalue weighted by Crippen LogP contribution is 2.41. The van der Waals surface area contributed by atoms with Crippen LogP contribution in [0.1, 0.15) is 27.8 Å². The van der Waals surface area contributed by atoms with Crippen molar-refractivity contribution in [1.82, 2.24) is 14.5 Å². The number of pyridine rings is 1. The average molecular weight is 669 g/mol. The van der Waals surface area contributed by atoms with Crippen molar-refractivity contribution in [1.29, 1.82) is 0 Å². The van der Waals surface area contributed by atoms with Gasteiger partial charge in [-0.3, -0.25) is 4.79 Å². The van der Waals surface area contributed by atoms with Gasteiger partial charge in [-0.05, 0) is 77.7 Å². The first kappa shape index (κ1) is 32.3. The van der Waals surface area contributed by atoms with E-state index in [0.717, 1.165) is 45.3 Å². The third-order valence-corrected chi connectivity index (χ3v) is 8.66. The molecule has 0 unspecified atom stereocenters. The Kier molecular flexibility index (Phi) is 8.64. The van der Waals surface area contributed by atoms with Crippen molar-refractivity contribution < 1.29 is 22.7 Å². The predicted molar refractivity (Wildman–Crippen MR) is 188 cm³/mol. The van der Waals surface area contributed by atoms with Crippen LogP contribution >= 0.6 is 0 Å². The van der Waals surface area contributed by atoms with Gasteiger partial charge in [0.2, 0.25) is 0 Å². The van der Waals surface area contributed by atoms with Crippen molar-refractivity contribution in [2.45, 2.75) is 18.6 Å². The van der Waals surface area contributed by atoms with Crippen LogP contribution in [-0.4, -0.2) is 27.0 Å². The van der Waals surface area contributed by atoms with Crippen LogP contribution in [0, 0.1) is 6.92 Å². The Balaban J connectivity index is 1.17. The molecule has 0 aliphatic rings. The lowest BCUT2D eigenvalue weighted by Gasteiger charge is -2.37. The molecule has 0 aliphatic carbocycles. The molecule has 0 atom stereocenters. The van der Waals surface area contributed by atoms with Crippen LogP contribution in [0.15, 0.2) is 152 Å². The van der Waals surface area contributed by atoms with E-state index in [-0.39, 0.29) is 12.4 Å². The number of rotatable bonds is 9. The first-order valence-electron chi connectivity index (χ1n) is 15.9. The molecule has 1 N–H and O–H groups in total. The number of nitrogens with zero attached hydrogens (tertiary/aromatic N) is 3. The number of anilines is 1. The number of carbonyl (C=O) groups excluding carboxylic acids is 1. The number of halogens is 3. The number of amides is 1. The summed E-state index contributed by atoms with van der Waals surface area (Å²) in [5, 5.41) is 3.64. The standard InChI is InChI=1S/C41H31F3N4O2/c1-28-23-37(47-36-22-19-33(24-35(28)36)46-39(49)26-50-34-20-17-32(18-21-34)41(42,43)44)38-25-48(27-45-38)40(29-11-5-2-6-12-29,30-13-7-3-8-14-30)31-15-9-4-10-16-31/h2-25,27H,26H2,1H3,(H,46,49). The summed E-state index contributed by atoms with van der Waals surface area (Å²) in [6.07, 6.45) is -0.554. The fourth-order valence-electron chi connectivity index (χ4n) is 6.31. The number of imidazole rings is 1. The second-order valence-electron chi connectivity index (χ2n) is 11.9. The molecule has 0 saturated heterocycles. The molecular weight excluding hydrogens is 637 g/mol. The smallest absolute Gasteiger partial charge is 0.416 e. The van der Waals surface area contributed by atoms with E-state index in [1.165, 1.54) is 12.1 Å². The van der Waals surface area contributed by atoms with Gasteiger partial charge in [0.15, 0.2) is 6.61 Å². The molecule has 6 nitrogen and oxygen atoms in total. The number of benzene rings is 5. The Morgan fingerprint density at radius 1 is 0.720 bits per heavy atom. The van der Waals surface area contributed by atoms with E-state index in [1.54, 1.807) is 6.07 Å². The number of aromatic nitrogens is 3.